The van der Waals surface area contributed by atoms with Crippen LogP contribution in [0, 0.1) is 5.41 Å². The highest BCUT2D eigenvalue weighted by atomic mass is 28.3. The molecule has 1 fully saturated rings. The van der Waals surface area contributed by atoms with Crippen LogP contribution in [0.4, 0.5) is 0 Å². The molecule has 0 radical (unpaired) electrons. The first-order valence-corrected chi connectivity index (χ1v) is 9.27. The monoisotopic (exact) mass is 226 g/mol. The minimum Gasteiger partial charge on any atom is -0.410 e. The molecule has 0 spiro atoms. The molecule has 0 aromatic carbocycles. The highest BCUT2D eigenvalue weighted by Crippen LogP contribution is 2.22. The Balaban J connectivity index is 2.28. The molecule has 1 heterocycles. The van der Waals surface area contributed by atoms with Crippen molar-refractivity contribution >= 4 is 15.2 Å². The summed E-state index contributed by atoms with van der Waals surface area (Å²) >= 11 is 0. The summed E-state index contributed by atoms with van der Waals surface area (Å²) in [5, 5.41) is 0. The Bertz CT molecular complexity index is 223. The van der Waals surface area contributed by atoms with Crippen LogP contribution in [0.25, 0.3) is 0 Å². The molecule has 0 saturated carbocycles. The Morgan fingerprint density at radius 2 is 1.73 bits per heavy atom. The summed E-state index contributed by atoms with van der Waals surface area (Å²) in [5.41, 5.74) is 2.53. The Labute approximate surface area is 95.2 Å². The van der Waals surface area contributed by atoms with Crippen LogP contribution in [-0.4, -0.2) is 28.4 Å². The van der Waals surface area contributed by atoms with Crippen LogP contribution in [0.2, 0.25) is 26.0 Å². The summed E-state index contributed by atoms with van der Waals surface area (Å²) < 4.78 is 11.3. The van der Waals surface area contributed by atoms with Crippen molar-refractivity contribution in [2.24, 2.45) is 5.41 Å². The third-order valence-corrected chi connectivity index (χ3v) is 3.50. The van der Waals surface area contributed by atoms with Crippen LogP contribution in [0.1, 0.15) is 13.8 Å². The van der Waals surface area contributed by atoms with E-state index in [4.69, 9.17) is 9.31 Å². The van der Waals surface area contributed by atoms with E-state index in [2.05, 4.69) is 45.3 Å². The molecule has 1 aliphatic heterocycles. The van der Waals surface area contributed by atoms with E-state index in [1.807, 2.05) is 0 Å². The van der Waals surface area contributed by atoms with E-state index in [1.165, 1.54) is 0 Å². The van der Waals surface area contributed by atoms with Crippen LogP contribution in [0.3, 0.4) is 0 Å². The largest absolute Gasteiger partial charge is 0.460 e. The first kappa shape index (κ1) is 13.0. The van der Waals surface area contributed by atoms with Gasteiger partial charge >= 0.3 is 7.12 Å². The molecule has 86 valence electrons. The molecule has 15 heavy (non-hydrogen) atoms. The molecule has 2 nitrogen and oxygen atoms in total. The molecule has 0 aromatic rings. The Morgan fingerprint density at radius 3 is 2.20 bits per heavy atom. The van der Waals surface area contributed by atoms with Crippen molar-refractivity contribution in [1.82, 2.24) is 0 Å². The Kier molecular flexibility index (Phi) is 4.21. The minimum absolute atomic E-state index is 0.0226. The molecule has 0 N–H and O–H groups in total. The Hall–Kier alpha value is -0.0582. The Morgan fingerprint density at radius 1 is 1.20 bits per heavy atom. The maximum atomic E-state index is 5.65. The fourth-order valence-corrected chi connectivity index (χ4v) is 2.24. The third-order valence-electron chi connectivity index (χ3n) is 2.27. The zero-order chi connectivity index (χ0) is 11.5. The van der Waals surface area contributed by atoms with Gasteiger partial charge in [-0.15, -0.1) is 0 Å². The van der Waals surface area contributed by atoms with Gasteiger partial charge in [0.05, 0.1) is 8.07 Å². The lowest BCUT2D eigenvalue weighted by Crippen LogP contribution is -2.40. The molecule has 1 saturated heterocycles. The maximum Gasteiger partial charge on any atom is 0.460 e. The number of hydrogen-bond donors (Lipinski definition) is 0. The molecule has 0 aromatic heterocycles. The van der Waals surface area contributed by atoms with Gasteiger partial charge in [0, 0.05) is 18.6 Å². The SMILES string of the molecule is CC1(C)COB(C/C=C/[Si](C)(C)C)OC1. The second-order valence-corrected chi connectivity index (χ2v) is 11.3. The van der Waals surface area contributed by atoms with E-state index in [1.54, 1.807) is 0 Å². The van der Waals surface area contributed by atoms with Crippen molar-refractivity contribution in [1.29, 1.82) is 0 Å². The molecule has 1 rings (SSSR count). The lowest BCUT2D eigenvalue weighted by atomic mass is 9.80. The first-order valence-electron chi connectivity index (χ1n) is 5.69. The molecule has 0 aliphatic carbocycles. The standard InChI is InChI=1S/C11H23BO2Si/c1-11(2)9-13-12(14-10-11)7-6-8-15(3,4)5/h6,8H,7,9-10H2,1-5H3/b8-6+. The van der Waals surface area contributed by atoms with Gasteiger partial charge in [-0.1, -0.05) is 45.3 Å². The third kappa shape index (κ3) is 5.54. The van der Waals surface area contributed by atoms with Gasteiger partial charge in [-0.2, -0.15) is 0 Å². The number of rotatable bonds is 3. The van der Waals surface area contributed by atoms with Crippen molar-refractivity contribution in [3.63, 3.8) is 0 Å². The van der Waals surface area contributed by atoms with Crippen LogP contribution in [-0.2, 0) is 9.31 Å². The van der Waals surface area contributed by atoms with Gasteiger partial charge in [-0.3, -0.25) is 0 Å². The average Bonchev–Trinajstić information content (AvgIpc) is 2.06. The second kappa shape index (κ2) is 4.85. The van der Waals surface area contributed by atoms with Gasteiger partial charge < -0.3 is 9.31 Å². The van der Waals surface area contributed by atoms with E-state index in [9.17, 15) is 0 Å². The summed E-state index contributed by atoms with van der Waals surface area (Å²) in [6.45, 7) is 12.9. The van der Waals surface area contributed by atoms with Crippen molar-refractivity contribution in [3.05, 3.63) is 11.8 Å². The predicted molar refractivity (Wildman–Crippen MR) is 68.7 cm³/mol. The van der Waals surface area contributed by atoms with Crippen LogP contribution >= 0.6 is 0 Å². The zero-order valence-electron chi connectivity index (χ0n) is 10.7. The first-order chi connectivity index (χ1) is 6.79. The summed E-state index contributed by atoms with van der Waals surface area (Å²) in [7, 11) is -1.08. The molecule has 4 heteroatoms. The fourth-order valence-electron chi connectivity index (χ4n) is 1.40. The number of hydrogen-bond acceptors (Lipinski definition) is 2. The van der Waals surface area contributed by atoms with Gasteiger partial charge in [0.2, 0.25) is 0 Å². The van der Waals surface area contributed by atoms with E-state index >= 15 is 0 Å². The van der Waals surface area contributed by atoms with Gasteiger partial charge in [0.15, 0.2) is 0 Å². The summed E-state index contributed by atoms with van der Waals surface area (Å²) in [6, 6.07) is 0. The predicted octanol–water partition coefficient (Wildman–Crippen LogP) is 2.98. The molecular weight excluding hydrogens is 203 g/mol. The van der Waals surface area contributed by atoms with E-state index < -0.39 is 8.07 Å². The van der Waals surface area contributed by atoms with E-state index in [-0.39, 0.29) is 12.5 Å². The van der Waals surface area contributed by atoms with Crippen LogP contribution < -0.4 is 0 Å². The number of allylic oxidation sites excluding steroid dienone is 1. The molecule has 1 aliphatic rings. The molecule has 0 unspecified atom stereocenters. The van der Waals surface area contributed by atoms with Gasteiger partial charge in [-0.25, -0.2) is 0 Å². The molecule has 0 amide bonds. The lowest BCUT2D eigenvalue weighted by molar-refractivity contribution is 0.0294. The topological polar surface area (TPSA) is 18.5 Å². The van der Waals surface area contributed by atoms with Gasteiger partial charge in [-0.05, 0) is 6.32 Å². The summed E-state index contributed by atoms with van der Waals surface area (Å²) in [5.74, 6) is 0. The summed E-state index contributed by atoms with van der Waals surface area (Å²) in [4.78, 5) is 0. The second-order valence-electron chi connectivity index (χ2n) is 6.22. The van der Waals surface area contributed by atoms with Gasteiger partial charge in [0.25, 0.3) is 0 Å². The zero-order valence-corrected chi connectivity index (χ0v) is 11.7. The van der Waals surface area contributed by atoms with E-state index in [0.29, 0.717) is 0 Å². The van der Waals surface area contributed by atoms with Crippen molar-refractivity contribution in [2.75, 3.05) is 13.2 Å². The minimum atomic E-state index is -1.06. The summed E-state index contributed by atoms with van der Waals surface area (Å²) in [6.07, 6.45) is 3.11. The van der Waals surface area contributed by atoms with E-state index in [0.717, 1.165) is 19.5 Å². The quantitative estimate of drug-likeness (QED) is 0.689. The maximum absolute atomic E-state index is 5.65. The van der Waals surface area contributed by atoms with Crippen LogP contribution in [0.15, 0.2) is 11.8 Å². The molecule has 0 bridgehead atoms. The molecular formula is C11H23BO2Si. The average molecular weight is 226 g/mol. The lowest BCUT2D eigenvalue weighted by Gasteiger charge is -2.32. The smallest absolute Gasteiger partial charge is 0.410 e. The van der Waals surface area contributed by atoms with Crippen LogP contribution in [0.5, 0.6) is 0 Å². The highest BCUT2D eigenvalue weighted by Gasteiger charge is 2.30. The highest BCUT2D eigenvalue weighted by molar-refractivity contribution is 6.81. The normalized spacial score (nSPS) is 22.3. The van der Waals surface area contributed by atoms with Crippen molar-refractivity contribution in [3.8, 4) is 0 Å². The van der Waals surface area contributed by atoms with Crippen molar-refractivity contribution in [2.45, 2.75) is 39.8 Å². The van der Waals surface area contributed by atoms with Crippen molar-refractivity contribution < 1.29 is 9.31 Å². The fraction of sp³-hybridized carbons (Fsp3) is 0.818. The molecule has 0 atom stereocenters. The van der Waals surface area contributed by atoms with Gasteiger partial charge in [0.1, 0.15) is 0 Å².